The fourth-order valence-corrected chi connectivity index (χ4v) is 9.34. The highest BCUT2D eigenvalue weighted by Gasteiger charge is 2.52. The number of halogens is 1. The summed E-state index contributed by atoms with van der Waals surface area (Å²) in [7, 11) is -2.13. The molecule has 2 fully saturated rings. The first-order valence-corrected chi connectivity index (χ1v) is 16.5. The number of carbonyl (C=O) groups is 1. The molecule has 218 valence electrons. The van der Waals surface area contributed by atoms with Gasteiger partial charge in [-0.3, -0.25) is 9.48 Å². The van der Waals surface area contributed by atoms with Crippen molar-refractivity contribution in [2.45, 2.75) is 62.3 Å². The molecule has 2 atom stereocenters. The number of fused-ring (bicyclic) bond motifs is 2. The molecule has 3 heterocycles. The molecule has 1 aromatic carbocycles. The Hall–Kier alpha value is -3.48. The van der Waals surface area contributed by atoms with E-state index in [1.165, 1.54) is 44.9 Å². The number of carbonyl (C=O) groups excluding carboxylic acids is 1. The zero-order valence-electron chi connectivity index (χ0n) is 23.4. The number of Topliss-reactive ketones (excluding diaryl/α,β-unsaturated/α-hetero) is 1. The molecular weight excluding hydrogens is 576 g/mol. The summed E-state index contributed by atoms with van der Waals surface area (Å²) in [4.78, 5) is 20.4. The number of hydrogen-bond acceptors (Lipinski definition) is 7. The predicted octanol–water partition coefficient (Wildman–Crippen LogP) is 5.15. The van der Waals surface area contributed by atoms with Crippen molar-refractivity contribution in [1.29, 1.82) is 0 Å². The second kappa shape index (κ2) is 10.1. The molecule has 0 unspecified atom stereocenters. The monoisotopic (exact) mass is 606 g/mol. The Morgan fingerprint density at radius 2 is 1.93 bits per heavy atom. The zero-order valence-corrected chi connectivity index (χ0v) is 25.0. The molecule has 42 heavy (non-hydrogen) atoms. The number of sulfonamides is 1. The maximum atomic E-state index is 14.6. The summed E-state index contributed by atoms with van der Waals surface area (Å²) >= 11 is 1.47. The highest BCUT2D eigenvalue weighted by molar-refractivity contribution is 7.89. The Morgan fingerprint density at radius 1 is 1.14 bits per heavy atom. The molecule has 0 aliphatic heterocycles. The van der Waals surface area contributed by atoms with Crippen molar-refractivity contribution < 1.29 is 17.6 Å². The third-order valence-electron chi connectivity index (χ3n) is 8.85. The van der Waals surface area contributed by atoms with Crippen molar-refractivity contribution in [3.8, 4) is 5.69 Å². The van der Waals surface area contributed by atoms with Crippen LogP contribution >= 0.6 is 11.3 Å². The van der Waals surface area contributed by atoms with E-state index >= 15 is 0 Å². The van der Waals surface area contributed by atoms with Gasteiger partial charge in [0.1, 0.15) is 10.7 Å². The van der Waals surface area contributed by atoms with Crippen molar-refractivity contribution in [1.82, 2.24) is 28.9 Å². The first-order chi connectivity index (χ1) is 20.2. The van der Waals surface area contributed by atoms with E-state index < -0.39 is 15.4 Å². The molecular formula is C30H31FN6O3S2. The van der Waals surface area contributed by atoms with Gasteiger partial charge in [0.05, 0.1) is 29.2 Å². The highest BCUT2D eigenvalue weighted by atomic mass is 32.2. The highest BCUT2D eigenvalue weighted by Crippen LogP contribution is 2.52. The summed E-state index contributed by atoms with van der Waals surface area (Å²) in [6, 6.07) is 5.80. The van der Waals surface area contributed by atoms with Crippen LogP contribution < -0.4 is 0 Å². The van der Waals surface area contributed by atoms with Crippen LogP contribution in [0.2, 0.25) is 0 Å². The molecule has 0 N–H and O–H groups in total. The Balaban J connectivity index is 1.30. The van der Waals surface area contributed by atoms with E-state index in [4.69, 9.17) is 0 Å². The Morgan fingerprint density at radius 3 is 2.62 bits per heavy atom. The van der Waals surface area contributed by atoms with Crippen molar-refractivity contribution in [3.63, 3.8) is 0 Å². The molecule has 9 nitrogen and oxygen atoms in total. The number of aromatic nitrogens is 5. The first kappa shape index (κ1) is 27.4. The van der Waals surface area contributed by atoms with E-state index in [1.807, 2.05) is 19.2 Å². The second-order valence-corrected chi connectivity index (χ2v) is 14.5. The minimum Gasteiger partial charge on any atom is -0.290 e. The molecule has 3 aliphatic rings. The molecule has 4 aromatic rings. The number of hydrogen-bond donors (Lipinski definition) is 0. The van der Waals surface area contributed by atoms with Crippen LogP contribution in [0.25, 0.3) is 11.8 Å². The number of rotatable bonds is 8. The number of thiazole rings is 1. The Bertz CT molecular complexity index is 1820. The fourth-order valence-electron chi connectivity index (χ4n) is 6.56. The zero-order chi connectivity index (χ0) is 29.2. The summed E-state index contributed by atoms with van der Waals surface area (Å²) in [5, 5.41) is 9.18. The van der Waals surface area contributed by atoms with Gasteiger partial charge in [0.25, 0.3) is 0 Å². The van der Waals surface area contributed by atoms with Gasteiger partial charge >= 0.3 is 0 Å². The maximum absolute atomic E-state index is 14.6. The van der Waals surface area contributed by atoms with Crippen molar-refractivity contribution in [2.24, 2.45) is 12.5 Å². The average Bonchev–Trinajstić information content (AvgIpc) is 3.34. The standard InChI is InChI=1S/C30H31FN6O3S2/c1-3-36(42(39,40)25-16-33-35(2)18-25)24-9-6-21-12-26-20(15-34-37(26)23-10-7-22(31)8-11-23)13-30(21,14-24)28(38)29-32-17-27(41-29)19-4-5-19/h7-8,10-12,15-19,24H,3-6,9,13-14H2,1-2H3/t24-,30-/m0/s1. The van der Waals surface area contributed by atoms with E-state index in [1.54, 1.807) is 30.1 Å². The molecule has 0 saturated heterocycles. The van der Waals surface area contributed by atoms with Crippen LogP contribution in [0.5, 0.6) is 0 Å². The topological polar surface area (TPSA) is 103 Å². The quantitative estimate of drug-likeness (QED) is 0.257. The van der Waals surface area contributed by atoms with E-state index in [2.05, 4.69) is 15.2 Å². The summed E-state index contributed by atoms with van der Waals surface area (Å²) in [6.45, 7) is 2.12. The van der Waals surface area contributed by atoms with Crippen LogP contribution in [0.1, 0.15) is 70.9 Å². The Labute approximate surface area is 247 Å². The molecule has 0 radical (unpaired) electrons. The molecule has 7 rings (SSSR count). The van der Waals surface area contributed by atoms with Gasteiger partial charge in [-0.1, -0.05) is 12.5 Å². The van der Waals surface area contributed by atoms with E-state index in [0.717, 1.165) is 40.2 Å². The first-order valence-electron chi connectivity index (χ1n) is 14.2. The van der Waals surface area contributed by atoms with Crippen LogP contribution in [-0.2, 0) is 23.5 Å². The largest absolute Gasteiger partial charge is 0.290 e. The van der Waals surface area contributed by atoms with Crippen LogP contribution in [0.3, 0.4) is 0 Å². The van der Waals surface area contributed by atoms with Gasteiger partial charge in [-0.2, -0.15) is 14.5 Å². The van der Waals surface area contributed by atoms with Crippen molar-refractivity contribution in [3.05, 3.63) is 81.6 Å². The van der Waals surface area contributed by atoms with Gasteiger partial charge < -0.3 is 0 Å². The van der Waals surface area contributed by atoms with Gasteiger partial charge in [-0.05, 0) is 80.3 Å². The lowest BCUT2D eigenvalue weighted by atomic mass is 9.61. The number of nitrogens with zero attached hydrogens (tertiary/aromatic N) is 6. The molecule has 0 bridgehead atoms. The SMILES string of the molecule is CCN([C@H]1CCC2=Cc3c(cnn3-c3ccc(F)cc3)C[C@]2(C(=O)c2ncc(C3CC3)s2)C1)S(=O)(=O)c1cnn(C)c1. The lowest BCUT2D eigenvalue weighted by Gasteiger charge is -2.46. The third kappa shape index (κ3) is 4.47. The minimum absolute atomic E-state index is 0.0506. The third-order valence-corrected chi connectivity index (χ3v) is 12.0. The van der Waals surface area contributed by atoms with Crippen molar-refractivity contribution in [2.75, 3.05) is 6.54 Å². The molecule has 3 aromatic heterocycles. The molecule has 3 aliphatic carbocycles. The van der Waals surface area contributed by atoms with E-state index in [0.29, 0.717) is 36.6 Å². The number of benzene rings is 1. The van der Waals surface area contributed by atoms with Crippen LogP contribution in [0.4, 0.5) is 4.39 Å². The number of ketones is 1. The van der Waals surface area contributed by atoms with Gasteiger partial charge in [-0.15, -0.1) is 11.3 Å². The number of allylic oxidation sites excluding steroid dienone is 1. The normalized spacial score (nSPS) is 22.1. The molecule has 0 amide bonds. The maximum Gasteiger partial charge on any atom is 0.246 e. The van der Waals surface area contributed by atoms with Crippen LogP contribution in [0, 0.1) is 11.2 Å². The summed E-state index contributed by atoms with van der Waals surface area (Å²) in [6.07, 6.45) is 12.7. The molecule has 12 heteroatoms. The van der Waals surface area contributed by atoms with Crippen LogP contribution in [0.15, 0.2) is 59.5 Å². The summed E-state index contributed by atoms with van der Waals surface area (Å²) < 4.78 is 46.0. The lowest BCUT2D eigenvalue weighted by Crippen LogP contribution is -2.50. The van der Waals surface area contributed by atoms with E-state index in [-0.39, 0.29) is 29.1 Å². The lowest BCUT2D eigenvalue weighted by molar-refractivity contribution is 0.0744. The minimum atomic E-state index is -3.82. The number of aryl methyl sites for hydroxylation is 1. The van der Waals surface area contributed by atoms with Gasteiger partial charge in [0, 0.05) is 36.9 Å². The molecule has 0 spiro atoms. The smallest absolute Gasteiger partial charge is 0.246 e. The van der Waals surface area contributed by atoms with Gasteiger partial charge in [0.15, 0.2) is 5.01 Å². The Kier molecular flexibility index (Phi) is 6.55. The fraction of sp³-hybridized carbons (Fsp3) is 0.400. The van der Waals surface area contributed by atoms with Crippen molar-refractivity contribution >= 4 is 33.2 Å². The van der Waals surface area contributed by atoms with Gasteiger partial charge in [-0.25, -0.2) is 22.5 Å². The van der Waals surface area contributed by atoms with Crippen LogP contribution in [-0.4, -0.2) is 55.6 Å². The summed E-state index contributed by atoms with van der Waals surface area (Å²) in [5.41, 5.74) is 2.53. The second-order valence-electron chi connectivity index (χ2n) is 11.5. The van der Waals surface area contributed by atoms with E-state index in [9.17, 15) is 17.6 Å². The average molecular weight is 607 g/mol. The van der Waals surface area contributed by atoms with Gasteiger partial charge in [0.2, 0.25) is 15.8 Å². The predicted molar refractivity (Wildman–Crippen MR) is 156 cm³/mol. The summed E-state index contributed by atoms with van der Waals surface area (Å²) in [5.74, 6) is 0.116. The molecule has 2 saturated carbocycles.